The predicted molar refractivity (Wildman–Crippen MR) is 44.3 cm³/mol. The van der Waals surface area contributed by atoms with Gasteiger partial charge in [-0.15, -0.1) is 0 Å². The van der Waals surface area contributed by atoms with Crippen LogP contribution >= 0.6 is 0 Å². The van der Waals surface area contributed by atoms with Crippen LogP contribution in [0.2, 0.25) is 0 Å². The second-order valence-electron chi connectivity index (χ2n) is 2.23. The maximum absolute atomic E-state index is 11.0. The normalized spacial score (nSPS) is 9.15. The first-order valence-corrected chi connectivity index (χ1v) is 3.95. The van der Waals surface area contributed by atoms with Crippen LogP contribution in [0.5, 0.6) is 0 Å². The van der Waals surface area contributed by atoms with E-state index in [0.717, 1.165) is 6.42 Å². The molecule has 0 radical (unpaired) electrons. The van der Waals surface area contributed by atoms with Gasteiger partial charge in [-0.05, 0) is 11.6 Å². The van der Waals surface area contributed by atoms with Gasteiger partial charge in [0.2, 0.25) is 0 Å². The number of carbonyl (C=O) groups is 2. The largest absolute Gasteiger partial charge is 0.376 e. The van der Waals surface area contributed by atoms with E-state index in [1.165, 1.54) is 14.0 Å². The number of carbonyl (C=O) groups excluding carboxylic acids is 2. The molecule has 0 aromatic carbocycles. The number of nitrogens with one attached hydrogen (secondary N) is 1. The van der Waals surface area contributed by atoms with Crippen molar-refractivity contribution in [3.63, 3.8) is 0 Å². The van der Waals surface area contributed by atoms with E-state index in [1.54, 1.807) is 0 Å². The second-order valence-corrected chi connectivity index (χ2v) is 2.23. The summed E-state index contributed by atoms with van der Waals surface area (Å²) >= 11 is 0. The zero-order chi connectivity index (χ0) is 10.3. The minimum atomic E-state index is -0.622. The van der Waals surface area contributed by atoms with Crippen LogP contribution in [0.15, 0.2) is 0 Å². The van der Waals surface area contributed by atoms with Crippen LogP contribution in [0.3, 0.4) is 0 Å². The highest BCUT2D eigenvalue weighted by atomic mass is 17.0. The highest BCUT2D eigenvalue weighted by Gasteiger charge is 2.15. The summed E-state index contributed by atoms with van der Waals surface area (Å²) in [4.78, 5) is 30.8. The fraction of sp³-hybridized carbons (Fsp3) is 0.714. The molecule has 0 heterocycles. The quantitative estimate of drug-likeness (QED) is 0.656. The number of nitrogens with zero attached hydrogens (tertiary/aromatic N) is 1. The molecular weight excluding hydrogens is 176 g/mol. The molecule has 2 amide bonds. The minimum Gasteiger partial charge on any atom is -0.337 e. The van der Waals surface area contributed by atoms with Crippen LogP contribution in [0.25, 0.3) is 0 Å². The van der Waals surface area contributed by atoms with Crippen LogP contribution in [-0.4, -0.2) is 30.9 Å². The van der Waals surface area contributed by atoms with E-state index in [1.807, 2.05) is 6.92 Å². The smallest absolute Gasteiger partial charge is 0.337 e. The number of amides is 2. The summed E-state index contributed by atoms with van der Waals surface area (Å²) in [6.07, 6.45) is 0.717. The van der Waals surface area contributed by atoms with Gasteiger partial charge in [0.15, 0.2) is 0 Å². The average Bonchev–Trinajstić information content (AvgIpc) is 2.10. The summed E-state index contributed by atoms with van der Waals surface area (Å²) in [6.45, 7) is 3.36. The van der Waals surface area contributed by atoms with Gasteiger partial charge in [0.25, 0.3) is 0 Å². The Kier molecular flexibility index (Phi) is 5.62. The van der Waals surface area contributed by atoms with Gasteiger partial charge in [-0.3, -0.25) is 0 Å². The van der Waals surface area contributed by atoms with Crippen LogP contribution in [0.4, 0.5) is 4.79 Å². The number of rotatable bonds is 3. The van der Waals surface area contributed by atoms with Gasteiger partial charge in [0.05, 0.1) is 6.61 Å². The van der Waals surface area contributed by atoms with Gasteiger partial charge in [0.1, 0.15) is 0 Å². The summed E-state index contributed by atoms with van der Waals surface area (Å²) < 4.78 is 0. The first-order chi connectivity index (χ1) is 6.11. The molecule has 0 aliphatic heterocycles. The van der Waals surface area contributed by atoms with Gasteiger partial charge in [-0.2, -0.15) is 0 Å². The topological polar surface area (TPSA) is 67.9 Å². The second kappa shape index (κ2) is 6.24. The monoisotopic (exact) mass is 190 g/mol. The Labute approximate surface area is 76.7 Å². The van der Waals surface area contributed by atoms with Crippen molar-refractivity contribution in [1.82, 2.24) is 10.5 Å². The molecule has 0 saturated heterocycles. The molecule has 0 saturated carbocycles. The standard InChI is InChI=1S/C7H14N2O4/c1-4-5-12-9(7(11)8-3)13-6(2)10/h4-5H2,1-3H3,(H,8,11). The fourth-order valence-electron chi connectivity index (χ4n) is 0.509. The first-order valence-electron chi connectivity index (χ1n) is 3.95. The molecule has 0 rings (SSSR count). The van der Waals surface area contributed by atoms with Crippen molar-refractivity contribution in [3.8, 4) is 0 Å². The lowest BCUT2D eigenvalue weighted by Gasteiger charge is -2.17. The molecule has 0 aromatic rings. The summed E-state index contributed by atoms with van der Waals surface area (Å²) in [6, 6.07) is -0.622. The molecule has 0 aliphatic rings. The van der Waals surface area contributed by atoms with Crippen molar-refractivity contribution in [2.75, 3.05) is 13.7 Å². The Morgan fingerprint density at radius 3 is 2.46 bits per heavy atom. The molecule has 76 valence electrons. The zero-order valence-corrected chi connectivity index (χ0v) is 7.99. The third-order valence-corrected chi connectivity index (χ3v) is 1.00. The number of hydroxylamine groups is 2. The van der Waals surface area contributed by atoms with E-state index in [2.05, 4.69) is 10.2 Å². The summed E-state index contributed by atoms with van der Waals surface area (Å²) in [5.74, 6) is -0.611. The van der Waals surface area contributed by atoms with E-state index in [0.29, 0.717) is 11.8 Å². The van der Waals surface area contributed by atoms with Crippen molar-refractivity contribution >= 4 is 12.0 Å². The van der Waals surface area contributed by atoms with Crippen molar-refractivity contribution in [2.24, 2.45) is 0 Å². The minimum absolute atomic E-state index is 0.306. The van der Waals surface area contributed by atoms with E-state index in [-0.39, 0.29) is 0 Å². The van der Waals surface area contributed by atoms with Crippen LogP contribution in [0, 0.1) is 0 Å². The highest BCUT2D eigenvalue weighted by molar-refractivity contribution is 5.74. The van der Waals surface area contributed by atoms with Crippen molar-refractivity contribution in [2.45, 2.75) is 20.3 Å². The van der Waals surface area contributed by atoms with E-state index < -0.39 is 12.0 Å². The molecule has 6 heteroatoms. The SMILES string of the molecule is CCCON(OC(C)=O)C(=O)NC. The van der Waals surface area contributed by atoms with Crippen molar-refractivity contribution in [1.29, 1.82) is 0 Å². The number of urea groups is 1. The third-order valence-electron chi connectivity index (χ3n) is 1.00. The van der Waals surface area contributed by atoms with Gasteiger partial charge in [-0.25, -0.2) is 14.4 Å². The zero-order valence-electron chi connectivity index (χ0n) is 7.99. The van der Waals surface area contributed by atoms with Crippen LogP contribution < -0.4 is 5.32 Å². The Balaban J connectivity index is 4.02. The Morgan fingerprint density at radius 2 is 2.08 bits per heavy atom. The summed E-state index contributed by atoms with van der Waals surface area (Å²) in [7, 11) is 1.41. The van der Waals surface area contributed by atoms with Gasteiger partial charge in [-0.1, -0.05) is 6.92 Å². The van der Waals surface area contributed by atoms with Gasteiger partial charge in [0, 0.05) is 14.0 Å². The van der Waals surface area contributed by atoms with Gasteiger partial charge < -0.3 is 10.2 Å². The molecule has 0 aromatic heterocycles. The highest BCUT2D eigenvalue weighted by Crippen LogP contribution is 1.95. The molecule has 1 N–H and O–H groups in total. The van der Waals surface area contributed by atoms with E-state index in [4.69, 9.17) is 4.84 Å². The van der Waals surface area contributed by atoms with Crippen molar-refractivity contribution in [3.05, 3.63) is 0 Å². The number of hydrogen-bond acceptors (Lipinski definition) is 4. The average molecular weight is 190 g/mol. The Morgan fingerprint density at radius 1 is 1.46 bits per heavy atom. The summed E-state index contributed by atoms with van der Waals surface area (Å²) in [5.41, 5.74) is 0. The molecule has 13 heavy (non-hydrogen) atoms. The van der Waals surface area contributed by atoms with E-state index >= 15 is 0 Å². The molecule has 0 fully saturated rings. The lowest BCUT2D eigenvalue weighted by Crippen LogP contribution is -2.39. The predicted octanol–water partition coefficient (Wildman–Crippen LogP) is 0.448. The van der Waals surface area contributed by atoms with Crippen LogP contribution in [0.1, 0.15) is 20.3 Å². The fourth-order valence-corrected chi connectivity index (χ4v) is 0.509. The molecule has 0 aliphatic carbocycles. The lowest BCUT2D eigenvalue weighted by atomic mass is 10.5. The molecular formula is C7H14N2O4. The van der Waals surface area contributed by atoms with E-state index in [9.17, 15) is 9.59 Å². The molecule has 0 atom stereocenters. The van der Waals surface area contributed by atoms with Gasteiger partial charge >= 0.3 is 12.0 Å². The first kappa shape index (κ1) is 11.7. The number of hydrogen-bond donors (Lipinski definition) is 1. The lowest BCUT2D eigenvalue weighted by molar-refractivity contribution is -0.305. The Bertz CT molecular complexity index is 183. The van der Waals surface area contributed by atoms with Crippen molar-refractivity contribution < 1.29 is 19.3 Å². The van der Waals surface area contributed by atoms with Crippen LogP contribution in [-0.2, 0) is 14.5 Å². The maximum Gasteiger partial charge on any atom is 0.376 e. The third kappa shape index (κ3) is 5.02. The molecule has 0 spiro atoms. The Hall–Kier alpha value is -1.30. The molecule has 0 bridgehead atoms. The molecule has 0 unspecified atom stereocenters. The summed E-state index contributed by atoms with van der Waals surface area (Å²) in [5, 5.41) is 2.80. The maximum atomic E-state index is 11.0. The molecule has 6 nitrogen and oxygen atoms in total.